The molecule has 142 valence electrons. The van der Waals surface area contributed by atoms with Crippen molar-refractivity contribution in [3.05, 3.63) is 66.4 Å². The summed E-state index contributed by atoms with van der Waals surface area (Å²) in [5.74, 6) is -14.4. The van der Waals surface area contributed by atoms with Crippen molar-refractivity contribution in [2.45, 2.75) is 18.0 Å². The van der Waals surface area contributed by atoms with Gasteiger partial charge in [-0.15, -0.1) is 0 Å². The Morgan fingerprint density at radius 2 is 1.15 bits per heavy atom. The fourth-order valence-corrected chi connectivity index (χ4v) is 2.35. The van der Waals surface area contributed by atoms with E-state index in [1.165, 1.54) is 54.6 Å². The van der Waals surface area contributed by atoms with Crippen LogP contribution >= 0.6 is 0 Å². The summed E-state index contributed by atoms with van der Waals surface area (Å²) in [6.45, 7) is 0. The SMILES string of the molecule is FC(F)(F)C(F)(F)C(F)(F)c1oc(-c2ccccc2)nc1-c1ccccc1. The van der Waals surface area contributed by atoms with Crippen LogP contribution in [0.3, 0.4) is 0 Å². The zero-order valence-electron chi connectivity index (χ0n) is 13.3. The highest BCUT2D eigenvalue weighted by Gasteiger charge is 2.75. The monoisotopic (exact) mass is 389 g/mol. The van der Waals surface area contributed by atoms with Gasteiger partial charge in [-0.3, -0.25) is 0 Å². The molecule has 2 aromatic carbocycles. The van der Waals surface area contributed by atoms with Crippen molar-refractivity contribution >= 4 is 0 Å². The molecule has 27 heavy (non-hydrogen) atoms. The second-order valence-electron chi connectivity index (χ2n) is 5.58. The zero-order chi connectivity index (χ0) is 19.9. The summed E-state index contributed by atoms with van der Waals surface area (Å²) in [5, 5.41) is 0. The Balaban J connectivity index is 2.24. The van der Waals surface area contributed by atoms with E-state index in [0.717, 1.165) is 0 Å². The van der Waals surface area contributed by atoms with Gasteiger partial charge in [-0.2, -0.15) is 30.7 Å². The van der Waals surface area contributed by atoms with E-state index in [-0.39, 0.29) is 11.1 Å². The van der Waals surface area contributed by atoms with Gasteiger partial charge in [0.1, 0.15) is 5.69 Å². The van der Waals surface area contributed by atoms with E-state index in [1.54, 1.807) is 6.07 Å². The summed E-state index contributed by atoms with van der Waals surface area (Å²) in [5.41, 5.74) is -0.730. The molecule has 0 spiro atoms. The Bertz CT molecular complexity index is 918. The lowest BCUT2D eigenvalue weighted by Gasteiger charge is -2.26. The number of nitrogens with zero attached hydrogens (tertiary/aromatic N) is 1. The Kier molecular flexibility index (Phi) is 4.49. The molecule has 1 heterocycles. The second kappa shape index (κ2) is 6.40. The summed E-state index contributed by atoms with van der Waals surface area (Å²) < 4.78 is 98.2. The molecule has 1 aromatic heterocycles. The van der Waals surface area contributed by atoms with E-state index in [2.05, 4.69) is 4.98 Å². The first-order valence-electron chi connectivity index (χ1n) is 7.50. The molecule has 0 bridgehead atoms. The van der Waals surface area contributed by atoms with Gasteiger partial charge in [0.2, 0.25) is 11.7 Å². The average molecular weight is 389 g/mol. The smallest absolute Gasteiger partial charge is 0.434 e. The third-order valence-electron chi connectivity index (χ3n) is 3.73. The molecule has 3 aromatic rings. The molecule has 0 N–H and O–H groups in total. The van der Waals surface area contributed by atoms with Gasteiger partial charge >= 0.3 is 18.0 Å². The van der Waals surface area contributed by atoms with Gasteiger partial charge in [0.25, 0.3) is 0 Å². The molecule has 0 aliphatic carbocycles. The number of rotatable bonds is 4. The molecule has 9 heteroatoms. The van der Waals surface area contributed by atoms with Crippen molar-refractivity contribution in [2.75, 3.05) is 0 Å². The molecule has 0 saturated carbocycles. The Morgan fingerprint density at radius 3 is 1.63 bits per heavy atom. The summed E-state index contributed by atoms with van der Waals surface area (Å²) in [4.78, 5) is 3.77. The minimum Gasteiger partial charge on any atom is -0.434 e. The summed E-state index contributed by atoms with van der Waals surface area (Å²) in [6.07, 6.45) is -6.48. The Hall–Kier alpha value is -2.84. The highest BCUT2D eigenvalue weighted by molar-refractivity contribution is 5.66. The molecule has 0 saturated heterocycles. The lowest BCUT2D eigenvalue weighted by Crippen LogP contribution is -2.50. The first-order valence-corrected chi connectivity index (χ1v) is 7.50. The van der Waals surface area contributed by atoms with E-state index in [1.807, 2.05) is 0 Å². The fourth-order valence-electron chi connectivity index (χ4n) is 2.35. The Morgan fingerprint density at radius 1 is 0.667 bits per heavy atom. The molecule has 0 unspecified atom stereocenters. The number of alkyl halides is 7. The zero-order valence-corrected chi connectivity index (χ0v) is 13.3. The molecule has 2 nitrogen and oxygen atoms in total. The molecule has 0 aliphatic heterocycles. The van der Waals surface area contributed by atoms with Crippen molar-refractivity contribution in [3.63, 3.8) is 0 Å². The summed E-state index contributed by atoms with van der Waals surface area (Å²) in [7, 11) is 0. The van der Waals surface area contributed by atoms with Crippen LogP contribution in [0, 0.1) is 0 Å². The van der Waals surface area contributed by atoms with Crippen molar-refractivity contribution < 1.29 is 35.2 Å². The van der Waals surface area contributed by atoms with Crippen LogP contribution in [0.4, 0.5) is 30.7 Å². The molecular weight excluding hydrogens is 379 g/mol. The predicted molar refractivity (Wildman–Crippen MR) is 82.3 cm³/mol. The normalized spacial score (nSPS) is 13.0. The Labute approximate surface area is 148 Å². The topological polar surface area (TPSA) is 26.0 Å². The minimum absolute atomic E-state index is 0.0870. The van der Waals surface area contributed by atoms with Gasteiger partial charge in [-0.05, 0) is 12.1 Å². The predicted octanol–water partition coefficient (Wildman–Crippen LogP) is 6.30. The second-order valence-corrected chi connectivity index (χ2v) is 5.58. The lowest BCUT2D eigenvalue weighted by molar-refractivity contribution is -0.362. The van der Waals surface area contributed by atoms with E-state index in [0.29, 0.717) is 0 Å². The van der Waals surface area contributed by atoms with E-state index >= 15 is 0 Å². The van der Waals surface area contributed by atoms with Crippen LogP contribution in [0.5, 0.6) is 0 Å². The van der Waals surface area contributed by atoms with Crippen molar-refractivity contribution in [1.29, 1.82) is 0 Å². The van der Waals surface area contributed by atoms with Crippen LogP contribution in [-0.2, 0) is 5.92 Å². The number of aromatic nitrogens is 1. The number of benzene rings is 2. The summed E-state index contributed by atoms with van der Waals surface area (Å²) >= 11 is 0. The van der Waals surface area contributed by atoms with Gasteiger partial charge in [0.05, 0.1) is 0 Å². The van der Waals surface area contributed by atoms with E-state index in [4.69, 9.17) is 4.42 Å². The number of hydrogen-bond acceptors (Lipinski definition) is 2. The third kappa shape index (κ3) is 3.17. The van der Waals surface area contributed by atoms with Gasteiger partial charge in [-0.1, -0.05) is 48.5 Å². The van der Waals surface area contributed by atoms with Crippen LogP contribution in [0.1, 0.15) is 5.76 Å². The molecule has 3 rings (SSSR count). The number of halogens is 7. The van der Waals surface area contributed by atoms with Crippen molar-refractivity contribution in [1.82, 2.24) is 4.98 Å². The lowest BCUT2D eigenvalue weighted by atomic mass is 10.0. The first kappa shape index (κ1) is 18.9. The molecule has 0 atom stereocenters. The third-order valence-corrected chi connectivity index (χ3v) is 3.73. The van der Waals surface area contributed by atoms with Gasteiger partial charge < -0.3 is 4.42 Å². The maximum Gasteiger partial charge on any atom is 0.460 e. The van der Waals surface area contributed by atoms with Gasteiger partial charge in [-0.25, -0.2) is 4.98 Å². The summed E-state index contributed by atoms with van der Waals surface area (Å²) in [6, 6.07) is 14.2. The molecular formula is C18H10F7NO. The maximum absolute atomic E-state index is 14.3. The van der Waals surface area contributed by atoms with E-state index < -0.39 is 35.4 Å². The highest BCUT2D eigenvalue weighted by Crippen LogP contribution is 2.54. The molecule has 0 radical (unpaired) electrons. The van der Waals surface area contributed by atoms with Crippen LogP contribution < -0.4 is 0 Å². The molecule has 0 amide bonds. The fraction of sp³-hybridized carbons (Fsp3) is 0.167. The maximum atomic E-state index is 14.3. The number of oxazole rings is 1. The number of hydrogen-bond donors (Lipinski definition) is 0. The van der Waals surface area contributed by atoms with Crippen LogP contribution in [0.25, 0.3) is 22.7 Å². The van der Waals surface area contributed by atoms with Crippen LogP contribution in [0.15, 0.2) is 65.1 Å². The van der Waals surface area contributed by atoms with Gasteiger partial charge in [0, 0.05) is 11.1 Å². The van der Waals surface area contributed by atoms with E-state index in [9.17, 15) is 30.7 Å². The molecule has 0 fully saturated rings. The first-order chi connectivity index (χ1) is 12.6. The van der Waals surface area contributed by atoms with Gasteiger partial charge in [0.15, 0.2) is 0 Å². The molecule has 0 aliphatic rings. The quantitative estimate of drug-likeness (QED) is 0.490. The largest absolute Gasteiger partial charge is 0.460 e. The van der Waals surface area contributed by atoms with Crippen LogP contribution in [-0.4, -0.2) is 17.1 Å². The minimum atomic E-state index is -6.48. The van der Waals surface area contributed by atoms with Crippen LogP contribution in [0.2, 0.25) is 0 Å². The highest BCUT2D eigenvalue weighted by atomic mass is 19.4. The van der Waals surface area contributed by atoms with Crippen molar-refractivity contribution in [2.24, 2.45) is 0 Å². The van der Waals surface area contributed by atoms with Crippen molar-refractivity contribution in [3.8, 4) is 22.7 Å². The average Bonchev–Trinajstić information content (AvgIpc) is 3.08. The standard InChI is InChI=1S/C18H10F7NO/c19-16(20,17(21,22)18(23,24)25)14-13(11-7-3-1-4-8-11)26-15(27-14)12-9-5-2-6-10-12/h1-10H.